The number of nitrogens with two attached hydrogens (primary N) is 2. The topological polar surface area (TPSA) is 251 Å². The van der Waals surface area contributed by atoms with Crippen molar-refractivity contribution in [3.05, 3.63) is 0 Å². The number of hydrogen-bond acceptors (Lipinski definition) is 8. The average Bonchev–Trinajstić information content (AvgIpc) is 2.66. The van der Waals surface area contributed by atoms with Gasteiger partial charge in [0.1, 0.15) is 18.1 Å². The third kappa shape index (κ3) is 10.4. The van der Waals surface area contributed by atoms with Crippen molar-refractivity contribution >= 4 is 35.6 Å². The average molecular weight is 447 g/mol. The van der Waals surface area contributed by atoms with Gasteiger partial charge in [-0.2, -0.15) is 0 Å². The molecule has 0 radical (unpaired) electrons. The first-order valence-corrected chi connectivity index (χ1v) is 9.30. The summed E-state index contributed by atoms with van der Waals surface area (Å²) in [6, 6.07) is -5.73. The number of hydrogen-bond donors (Lipinski definition) is 8. The van der Waals surface area contributed by atoms with Crippen molar-refractivity contribution in [3.63, 3.8) is 0 Å². The van der Waals surface area contributed by atoms with Crippen molar-refractivity contribution in [2.75, 3.05) is 6.61 Å². The lowest BCUT2D eigenvalue weighted by molar-refractivity contribution is -0.144. The quantitative estimate of drug-likeness (QED) is 0.129. The molecule has 14 heteroatoms. The molecule has 0 aliphatic carbocycles. The lowest BCUT2D eigenvalue weighted by Crippen LogP contribution is -2.59. The molecule has 0 aliphatic heterocycles. The predicted molar refractivity (Wildman–Crippen MR) is 104 cm³/mol. The number of carboxylic acids is 2. The van der Waals surface area contributed by atoms with Crippen LogP contribution in [0.4, 0.5) is 0 Å². The Balaban J connectivity index is 5.23. The Kier molecular flexibility index (Phi) is 11.7. The number of carbonyl (C=O) groups is 6. The molecule has 0 saturated carbocycles. The molecule has 0 spiro atoms. The van der Waals surface area contributed by atoms with Crippen LogP contribution in [0.15, 0.2) is 0 Å². The standard InChI is InChI=1S/C17H29N5O9/c1-7(2)13(17(30)31)22-15(28)9(5-11(19)24)20-16(29)10(6-23)21-14(27)8(18)3-4-12(25)26/h7-10,13,23H,3-6,18H2,1-2H3,(H2,19,24)(H,20,29)(H,21,27)(H,22,28)(H,25,26)(H,30,31)/t8-,9-,10-,13-/m0/s1. The normalized spacial score (nSPS) is 14.6. The fourth-order valence-electron chi connectivity index (χ4n) is 2.33. The lowest BCUT2D eigenvalue weighted by atomic mass is 10.0. The zero-order chi connectivity index (χ0) is 24.3. The summed E-state index contributed by atoms with van der Waals surface area (Å²) < 4.78 is 0. The van der Waals surface area contributed by atoms with Crippen LogP contribution >= 0.6 is 0 Å². The van der Waals surface area contributed by atoms with E-state index in [0.717, 1.165) is 0 Å². The summed E-state index contributed by atoms with van der Waals surface area (Å²) in [5.74, 6) is -6.99. The summed E-state index contributed by atoms with van der Waals surface area (Å²) >= 11 is 0. The van der Waals surface area contributed by atoms with Crippen LogP contribution in [0.5, 0.6) is 0 Å². The van der Waals surface area contributed by atoms with Crippen LogP contribution < -0.4 is 27.4 Å². The van der Waals surface area contributed by atoms with Gasteiger partial charge in [0.15, 0.2) is 0 Å². The van der Waals surface area contributed by atoms with Crippen LogP contribution in [0.25, 0.3) is 0 Å². The Bertz CT molecular complexity index is 697. The van der Waals surface area contributed by atoms with Crippen LogP contribution in [0.2, 0.25) is 0 Å². The third-order valence-electron chi connectivity index (χ3n) is 4.09. The Labute approximate surface area is 177 Å². The van der Waals surface area contributed by atoms with Crippen molar-refractivity contribution < 1.29 is 44.1 Å². The van der Waals surface area contributed by atoms with E-state index in [0.29, 0.717) is 0 Å². The zero-order valence-corrected chi connectivity index (χ0v) is 17.2. The van der Waals surface area contributed by atoms with Crippen molar-refractivity contribution in [2.45, 2.75) is 57.3 Å². The highest BCUT2D eigenvalue weighted by Crippen LogP contribution is 2.04. The summed E-state index contributed by atoms with van der Waals surface area (Å²) in [5, 5.41) is 33.6. The smallest absolute Gasteiger partial charge is 0.326 e. The Hall–Kier alpha value is -3.26. The lowest BCUT2D eigenvalue weighted by Gasteiger charge is -2.24. The van der Waals surface area contributed by atoms with Gasteiger partial charge in [-0.05, 0) is 12.3 Å². The van der Waals surface area contributed by atoms with Crippen molar-refractivity contribution in [2.24, 2.45) is 17.4 Å². The molecule has 0 aromatic rings. The molecule has 10 N–H and O–H groups in total. The summed E-state index contributed by atoms with van der Waals surface area (Å²) in [7, 11) is 0. The van der Waals surface area contributed by atoms with Gasteiger partial charge in [0.05, 0.1) is 19.1 Å². The number of nitrogens with one attached hydrogen (secondary N) is 3. The zero-order valence-electron chi connectivity index (χ0n) is 17.2. The van der Waals surface area contributed by atoms with E-state index >= 15 is 0 Å². The van der Waals surface area contributed by atoms with E-state index in [-0.39, 0.29) is 6.42 Å². The van der Waals surface area contributed by atoms with E-state index < -0.39 is 85.1 Å². The van der Waals surface area contributed by atoms with Crippen LogP contribution in [-0.2, 0) is 28.8 Å². The van der Waals surface area contributed by atoms with Crippen molar-refractivity contribution in [1.29, 1.82) is 0 Å². The SMILES string of the molecule is CC(C)[C@H](NC(=O)[C@H](CC(N)=O)NC(=O)[C@H](CO)NC(=O)[C@@H](N)CCC(=O)O)C(=O)O. The molecule has 0 unspecified atom stereocenters. The van der Waals surface area contributed by atoms with Crippen molar-refractivity contribution in [1.82, 2.24) is 16.0 Å². The molecule has 0 fully saturated rings. The number of carboxylic acid groups (broad SMARTS) is 2. The number of aliphatic hydroxyl groups excluding tert-OH is 1. The van der Waals surface area contributed by atoms with Crippen molar-refractivity contribution in [3.8, 4) is 0 Å². The molecule has 4 amide bonds. The second-order valence-electron chi connectivity index (χ2n) is 7.08. The van der Waals surface area contributed by atoms with Gasteiger partial charge in [-0.15, -0.1) is 0 Å². The predicted octanol–water partition coefficient (Wildman–Crippen LogP) is -3.76. The summed E-state index contributed by atoms with van der Waals surface area (Å²) in [5.41, 5.74) is 10.6. The molecular weight excluding hydrogens is 418 g/mol. The summed E-state index contributed by atoms with van der Waals surface area (Å²) in [4.78, 5) is 69.8. The van der Waals surface area contributed by atoms with E-state index in [2.05, 4.69) is 16.0 Å². The van der Waals surface area contributed by atoms with Gasteiger partial charge in [-0.3, -0.25) is 24.0 Å². The van der Waals surface area contributed by atoms with Gasteiger partial charge in [-0.25, -0.2) is 4.79 Å². The maximum absolute atomic E-state index is 12.4. The van der Waals surface area contributed by atoms with Gasteiger partial charge in [0.25, 0.3) is 0 Å². The van der Waals surface area contributed by atoms with Crippen LogP contribution in [-0.4, -0.2) is 81.7 Å². The fraction of sp³-hybridized carbons (Fsp3) is 0.647. The van der Waals surface area contributed by atoms with Gasteiger partial charge >= 0.3 is 11.9 Å². The minimum absolute atomic E-state index is 0.223. The van der Waals surface area contributed by atoms with E-state index in [4.69, 9.17) is 16.6 Å². The van der Waals surface area contributed by atoms with E-state index in [1.54, 1.807) is 0 Å². The van der Waals surface area contributed by atoms with Gasteiger partial charge < -0.3 is 42.7 Å². The minimum Gasteiger partial charge on any atom is -0.481 e. The number of carbonyl (C=O) groups excluding carboxylic acids is 4. The first kappa shape index (κ1) is 27.7. The molecule has 0 aliphatic rings. The second kappa shape index (κ2) is 13.1. The first-order chi connectivity index (χ1) is 14.3. The molecule has 0 saturated heterocycles. The van der Waals surface area contributed by atoms with Crippen LogP contribution in [0, 0.1) is 5.92 Å². The van der Waals surface area contributed by atoms with Gasteiger partial charge in [0.2, 0.25) is 23.6 Å². The molecule has 0 heterocycles. The third-order valence-corrected chi connectivity index (χ3v) is 4.09. The molecule has 14 nitrogen and oxygen atoms in total. The number of aliphatic carboxylic acids is 2. The number of amides is 4. The van der Waals surface area contributed by atoms with Crippen LogP contribution in [0.3, 0.4) is 0 Å². The van der Waals surface area contributed by atoms with E-state index in [1.807, 2.05) is 0 Å². The Morgan fingerprint density at radius 3 is 1.81 bits per heavy atom. The van der Waals surface area contributed by atoms with E-state index in [9.17, 15) is 39.0 Å². The number of rotatable bonds is 14. The summed E-state index contributed by atoms with van der Waals surface area (Å²) in [6.45, 7) is 2.16. The molecule has 0 aromatic heterocycles. The molecule has 0 bridgehead atoms. The second-order valence-corrected chi connectivity index (χ2v) is 7.08. The highest BCUT2D eigenvalue weighted by molar-refractivity contribution is 5.96. The molecule has 0 rings (SSSR count). The highest BCUT2D eigenvalue weighted by atomic mass is 16.4. The largest absolute Gasteiger partial charge is 0.481 e. The fourth-order valence-corrected chi connectivity index (χ4v) is 2.33. The molecule has 0 aromatic carbocycles. The van der Waals surface area contributed by atoms with Gasteiger partial charge in [0, 0.05) is 6.42 Å². The monoisotopic (exact) mass is 447 g/mol. The van der Waals surface area contributed by atoms with Gasteiger partial charge in [-0.1, -0.05) is 13.8 Å². The maximum atomic E-state index is 12.4. The molecule has 4 atom stereocenters. The highest BCUT2D eigenvalue weighted by Gasteiger charge is 2.32. The number of aliphatic hydroxyl groups is 1. The summed E-state index contributed by atoms with van der Waals surface area (Å²) in [6.07, 6.45) is -1.29. The number of primary amides is 1. The maximum Gasteiger partial charge on any atom is 0.326 e. The molecular formula is C17H29N5O9. The minimum atomic E-state index is -1.58. The Morgan fingerprint density at radius 1 is 0.871 bits per heavy atom. The first-order valence-electron chi connectivity index (χ1n) is 9.30. The molecule has 176 valence electrons. The van der Waals surface area contributed by atoms with Crippen LogP contribution in [0.1, 0.15) is 33.1 Å². The Morgan fingerprint density at radius 2 is 1.39 bits per heavy atom. The van der Waals surface area contributed by atoms with E-state index in [1.165, 1.54) is 13.8 Å². The molecule has 31 heavy (non-hydrogen) atoms.